The maximum absolute atomic E-state index is 15.0. The summed E-state index contributed by atoms with van der Waals surface area (Å²) in [4.78, 5) is 3.31. The van der Waals surface area contributed by atoms with Crippen LogP contribution in [-0.4, -0.2) is 24.9 Å². The van der Waals surface area contributed by atoms with Gasteiger partial charge in [0.15, 0.2) is 6.79 Å². The van der Waals surface area contributed by atoms with Gasteiger partial charge in [-0.25, -0.2) is 13.8 Å². The van der Waals surface area contributed by atoms with Crippen molar-refractivity contribution in [2.45, 2.75) is 44.9 Å². The van der Waals surface area contributed by atoms with E-state index in [0.717, 1.165) is 36.9 Å². The molecule has 0 fully saturated rings. The van der Waals surface area contributed by atoms with E-state index in [-0.39, 0.29) is 35.3 Å². The lowest BCUT2D eigenvalue weighted by atomic mass is 9.99. The predicted octanol–water partition coefficient (Wildman–Crippen LogP) is 5.29. The number of alkyl halides is 3. The number of rotatable bonds is 8. The molecule has 0 spiro atoms. The summed E-state index contributed by atoms with van der Waals surface area (Å²) >= 11 is 0. The lowest BCUT2D eigenvalue weighted by molar-refractivity contribution is -0.141. The topological polar surface area (TPSA) is 55.4 Å². The molecule has 0 amide bonds. The van der Waals surface area contributed by atoms with Crippen LogP contribution in [0.3, 0.4) is 0 Å². The van der Waals surface area contributed by atoms with Gasteiger partial charge in [-0.1, -0.05) is 6.92 Å². The van der Waals surface area contributed by atoms with Gasteiger partial charge in [0.25, 0.3) is 0 Å². The van der Waals surface area contributed by atoms with E-state index in [4.69, 9.17) is 9.47 Å². The molecule has 0 saturated heterocycles. The summed E-state index contributed by atoms with van der Waals surface area (Å²) in [7, 11) is 1.32. The number of pyridine rings is 1. The Balaban J connectivity index is 1.95. The fraction of sp³-hybridized carbons (Fsp3) is 0.409. The Bertz CT molecular complexity index is 994. The van der Waals surface area contributed by atoms with Crippen LogP contribution in [0.1, 0.15) is 44.0 Å². The highest BCUT2D eigenvalue weighted by Gasteiger charge is 2.34. The third-order valence-electron chi connectivity index (χ3n) is 5.19. The second-order valence-electron chi connectivity index (χ2n) is 7.48. The van der Waals surface area contributed by atoms with Crippen LogP contribution in [-0.2, 0) is 10.9 Å². The normalized spacial score (nSPS) is 17.0. The highest BCUT2D eigenvalue weighted by molar-refractivity contribution is 5.71. The Kier molecular flexibility index (Phi) is 7.22. The molecule has 32 heavy (non-hydrogen) atoms. The third kappa shape index (κ3) is 5.29. The van der Waals surface area contributed by atoms with Crippen molar-refractivity contribution in [3.63, 3.8) is 0 Å². The van der Waals surface area contributed by atoms with Gasteiger partial charge in [0.05, 0.1) is 12.2 Å². The van der Waals surface area contributed by atoms with Crippen LogP contribution in [0.2, 0.25) is 0 Å². The van der Waals surface area contributed by atoms with E-state index in [1.165, 1.54) is 7.11 Å². The number of methoxy groups -OCH3 is 1. The van der Waals surface area contributed by atoms with Crippen molar-refractivity contribution in [2.75, 3.05) is 13.9 Å². The van der Waals surface area contributed by atoms with E-state index in [1.807, 2.05) is 13.1 Å². The van der Waals surface area contributed by atoms with Gasteiger partial charge in [-0.15, -0.1) is 0 Å². The van der Waals surface area contributed by atoms with Crippen LogP contribution >= 0.6 is 0 Å². The van der Waals surface area contributed by atoms with Gasteiger partial charge >= 0.3 is 6.18 Å². The molecule has 3 rings (SSSR count). The molecule has 2 atom stereocenters. The summed E-state index contributed by atoms with van der Waals surface area (Å²) in [5.74, 6) is -1.81. The highest BCUT2D eigenvalue weighted by Crippen LogP contribution is 2.38. The molecule has 2 aromatic rings. The quantitative estimate of drug-likeness (QED) is 0.417. The van der Waals surface area contributed by atoms with Gasteiger partial charge < -0.3 is 20.1 Å². The van der Waals surface area contributed by atoms with Crippen LogP contribution < -0.4 is 15.4 Å². The number of nitrogens with zero attached hydrogens (tertiary/aromatic N) is 1. The lowest BCUT2D eigenvalue weighted by Gasteiger charge is -2.19. The number of nitrogens with one attached hydrogen (secondary N) is 2. The Morgan fingerprint density at radius 3 is 2.56 bits per heavy atom. The summed E-state index contributed by atoms with van der Waals surface area (Å²) in [6.45, 7) is 3.42. The third-order valence-corrected chi connectivity index (χ3v) is 5.19. The molecule has 5 nitrogen and oxygen atoms in total. The van der Waals surface area contributed by atoms with Gasteiger partial charge in [0.1, 0.15) is 23.1 Å². The standard InChI is InChI=1S/C22H24F5N3O2/c1-4-13-5-14(9-28-13)30-12(2)15-6-19(24)16(7-18(15)23)17-8-21(22(25,26)27)29-10-20(17)32-11-31-3/h6-10,12-13,28,30H,4-5,11H2,1-3H3. The molecule has 1 aliphatic rings. The van der Waals surface area contributed by atoms with Gasteiger partial charge in [-0.2, -0.15) is 13.2 Å². The van der Waals surface area contributed by atoms with Crippen molar-refractivity contribution in [3.8, 4) is 16.9 Å². The number of aromatic nitrogens is 1. The summed E-state index contributed by atoms with van der Waals surface area (Å²) < 4.78 is 79.4. The summed E-state index contributed by atoms with van der Waals surface area (Å²) in [5, 5.41) is 6.34. The Morgan fingerprint density at radius 1 is 1.19 bits per heavy atom. The maximum Gasteiger partial charge on any atom is 0.433 e. The van der Waals surface area contributed by atoms with Crippen molar-refractivity contribution in [1.82, 2.24) is 15.6 Å². The zero-order valence-electron chi connectivity index (χ0n) is 17.8. The number of benzene rings is 1. The van der Waals surface area contributed by atoms with E-state index < -0.39 is 29.5 Å². The zero-order chi connectivity index (χ0) is 23.5. The number of hydrogen-bond donors (Lipinski definition) is 2. The molecule has 10 heteroatoms. The Morgan fingerprint density at radius 2 is 1.94 bits per heavy atom. The predicted molar refractivity (Wildman–Crippen MR) is 109 cm³/mol. The molecular weight excluding hydrogens is 433 g/mol. The first-order valence-electron chi connectivity index (χ1n) is 10.0. The number of ether oxygens (including phenoxy) is 2. The van der Waals surface area contributed by atoms with Gasteiger partial charge in [0, 0.05) is 48.2 Å². The van der Waals surface area contributed by atoms with Crippen LogP contribution in [0.4, 0.5) is 22.0 Å². The minimum atomic E-state index is -4.76. The number of halogens is 5. The van der Waals surface area contributed by atoms with Crippen LogP contribution in [0.5, 0.6) is 5.75 Å². The van der Waals surface area contributed by atoms with E-state index in [0.29, 0.717) is 6.07 Å². The Hall–Kier alpha value is -2.88. The average molecular weight is 457 g/mol. The lowest BCUT2D eigenvalue weighted by Crippen LogP contribution is -2.20. The molecule has 2 N–H and O–H groups in total. The van der Waals surface area contributed by atoms with Crippen molar-refractivity contribution < 1.29 is 31.4 Å². The molecule has 1 aromatic heterocycles. The summed E-state index contributed by atoms with van der Waals surface area (Å²) in [5.41, 5.74) is -0.974. The smallest absolute Gasteiger partial charge is 0.433 e. The molecular formula is C22H24F5N3O2. The SMILES string of the molecule is CCC1CC(NC(C)c2cc(F)c(-c3cc(C(F)(F)F)ncc3OCOC)cc2F)=CN1. The summed E-state index contributed by atoms with van der Waals surface area (Å²) in [6.07, 6.45) is -0.479. The van der Waals surface area contributed by atoms with Crippen molar-refractivity contribution in [2.24, 2.45) is 0 Å². The van der Waals surface area contributed by atoms with E-state index in [9.17, 15) is 17.6 Å². The molecule has 0 bridgehead atoms. The highest BCUT2D eigenvalue weighted by atomic mass is 19.4. The van der Waals surface area contributed by atoms with E-state index in [1.54, 1.807) is 6.92 Å². The van der Waals surface area contributed by atoms with E-state index in [2.05, 4.69) is 15.6 Å². The fourth-order valence-electron chi connectivity index (χ4n) is 3.47. The zero-order valence-corrected chi connectivity index (χ0v) is 17.8. The van der Waals surface area contributed by atoms with Gasteiger partial charge in [-0.3, -0.25) is 0 Å². The molecule has 2 heterocycles. The average Bonchev–Trinajstić information content (AvgIpc) is 3.20. The minimum Gasteiger partial charge on any atom is -0.465 e. The van der Waals surface area contributed by atoms with Crippen LogP contribution in [0.15, 0.2) is 36.3 Å². The van der Waals surface area contributed by atoms with Gasteiger partial charge in [0.2, 0.25) is 0 Å². The maximum atomic E-state index is 15.0. The monoisotopic (exact) mass is 457 g/mol. The van der Waals surface area contributed by atoms with Gasteiger partial charge in [-0.05, 0) is 31.5 Å². The second kappa shape index (κ2) is 9.72. The van der Waals surface area contributed by atoms with Crippen LogP contribution in [0.25, 0.3) is 11.1 Å². The number of hydrogen-bond acceptors (Lipinski definition) is 5. The first-order valence-corrected chi connectivity index (χ1v) is 10.0. The fourth-order valence-corrected chi connectivity index (χ4v) is 3.47. The van der Waals surface area contributed by atoms with Crippen molar-refractivity contribution in [1.29, 1.82) is 0 Å². The molecule has 0 aliphatic carbocycles. The molecule has 0 radical (unpaired) electrons. The first kappa shape index (κ1) is 23.8. The Labute approximate surface area is 182 Å². The molecule has 1 aliphatic heterocycles. The summed E-state index contributed by atoms with van der Waals surface area (Å²) in [6, 6.07) is 2.21. The molecule has 0 saturated carbocycles. The van der Waals surface area contributed by atoms with Crippen molar-refractivity contribution >= 4 is 0 Å². The van der Waals surface area contributed by atoms with Crippen molar-refractivity contribution in [3.05, 3.63) is 59.2 Å². The molecule has 2 unspecified atom stereocenters. The molecule has 174 valence electrons. The van der Waals surface area contributed by atoms with E-state index >= 15 is 4.39 Å². The van der Waals surface area contributed by atoms with Crippen LogP contribution in [0, 0.1) is 11.6 Å². The minimum absolute atomic E-state index is 0.0524. The largest absolute Gasteiger partial charge is 0.465 e. The first-order chi connectivity index (χ1) is 15.1. The molecule has 1 aromatic carbocycles. The second-order valence-corrected chi connectivity index (χ2v) is 7.48.